The van der Waals surface area contributed by atoms with Crippen molar-refractivity contribution >= 4 is 43.2 Å². The van der Waals surface area contributed by atoms with E-state index in [0.717, 1.165) is 44.3 Å². The number of anilines is 1. The summed E-state index contributed by atoms with van der Waals surface area (Å²) >= 11 is 6.33. The standard InChI is InChI=1S/C29H33ClFN3O5S2/c1-18-19(2)21(4)28(22(5)20(18)3)41(38,39)34-15-13-33(14-16-34)29(35)26-17-25(11-12-27(26)30)40(36,37)32(6)24-9-7-23(31)8-10-24/h7-12,17H,13-16H2,1-6H3. The Hall–Kier alpha value is -2.99. The van der Waals surface area contributed by atoms with E-state index in [-0.39, 0.29) is 47.3 Å². The van der Waals surface area contributed by atoms with E-state index in [1.807, 2.05) is 34.6 Å². The van der Waals surface area contributed by atoms with Crippen molar-refractivity contribution in [3.05, 3.63) is 86.7 Å². The molecule has 220 valence electrons. The van der Waals surface area contributed by atoms with Gasteiger partial charge >= 0.3 is 0 Å². The number of carbonyl (C=O) groups is 1. The molecule has 0 atom stereocenters. The molecule has 0 saturated carbocycles. The fraction of sp³-hybridized carbons (Fsp3) is 0.345. The first-order valence-corrected chi connectivity index (χ1v) is 16.2. The third-order valence-corrected chi connectivity index (χ3v) is 12.4. The lowest BCUT2D eigenvalue weighted by atomic mass is 9.95. The van der Waals surface area contributed by atoms with Crippen LogP contribution in [0.2, 0.25) is 5.02 Å². The van der Waals surface area contributed by atoms with E-state index in [2.05, 4.69) is 0 Å². The lowest BCUT2D eigenvalue weighted by molar-refractivity contribution is 0.0697. The molecule has 1 aliphatic heterocycles. The van der Waals surface area contributed by atoms with E-state index in [4.69, 9.17) is 11.6 Å². The summed E-state index contributed by atoms with van der Waals surface area (Å²) in [7, 11) is -6.57. The van der Waals surface area contributed by atoms with E-state index in [1.165, 1.54) is 46.6 Å². The number of halogens is 2. The minimum absolute atomic E-state index is 0.00646. The Balaban J connectivity index is 1.56. The lowest BCUT2D eigenvalue weighted by Gasteiger charge is -2.35. The summed E-state index contributed by atoms with van der Waals surface area (Å²) in [5, 5.41) is 0.0743. The molecule has 0 unspecified atom stereocenters. The van der Waals surface area contributed by atoms with Crippen LogP contribution >= 0.6 is 11.6 Å². The van der Waals surface area contributed by atoms with Gasteiger partial charge in [-0.1, -0.05) is 11.6 Å². The highest BCUT2D eigenvalue weighted by atomic mass is 35.5. The van der Waals surface area contributed by atoms with Crippen LogP contribution in [0, 0.1) is 40.4 Å². The van der Waals surface area contributed by atoms with Gasteiger partial charge in [0.2, 0.25) is 10.0 Å². The van der Waals surface area contributed by atoms with E-state index in [0.29, 0.717) is 4.90 Å². The Labute approximate surface area is 246 Å². The normalized spacial score (nSPS) is 14.8. The minimum Gasteiger partial charge on any atom is -0.336 e. The van der Waals surface area contributed by atoms with E-state index in [9.17, 15) is 26.0 Å². The monoisotopic (exact) mass is 621 g/mol. The molecule has 41 heavy (non-hydrogen) atoms. The molecule has 0 spiro atoms. The maximum Gasteiger partial charge on any atom is 0.264 e. The van der Waals surface area contributed by atoms with Crippen molar-refractivity contribution in [3.63, 3.8) is 0 Å². The van der Waals surface area contributed by atoms with E-state index >= 15 is 0 Å². The van der Waals surface area contributed by atoms with Crippen molar-refractivity contribution in [3.8, 4) is 0 Å². The quantitative estimate of drug-likeness (QED) is 0.386. The molecule has 1 fully saturated rings. The summed E-state index contributed by atoms with van der Waals surface area (Å²) in [4.78, 5) is 15.1. The zero-order valence-corrected chi connectivity index (χ0v) is 26.2. The fourth-order valence-electron chi connectivity index (χ4n) is 5.06. The maximum absolute atomic E-state index is 13.7. The first-order valence-electron chi connectivity index (χ1n) is 13.0. The van der Waals surface area contributed by atoms with Gasteiger partial charge in [0.25, 0.3) is 15.9 Å². The van der Waals surface area contributed by atoms with Gasteiger partial charge in [-0.15, -0.1) is 0 Å². The molecule has 3 aromatic rings. The zero-order valence-electron chi connectivity index (χ0n) is 23.8. The Morgan fingerprint density at radius 1 is 0.805 bits per heavy atom. The fourth-order valence-corrected chi connectivity index (χ4v) is 8.46. The Morgan fingerprint density at radius 3 is 1.85 bits per heavy atom. The molecule has 0 N–H and O–H groups in total. The van der Waals surface area contributed by atoms with E-state index in [1.54, 1.807) is 0 Å². The average Bonchev–Trinajstić information content (AvgIpc) is 2.95. The van der Waals surface area contributed by atoms with Crippen LogP contribution < -0.4 is 4.31 Å². The number of hydrogen-bond acceptors (Lipinski definition) is 5. The third kappa shape index (κ3) is 5.60. The molecule has 1 heterocycles. The molecule has 1 saturated heterocycles. The number of sulfonamides is 2. The van der Waals surface area contributed by atoms with Crippen molar-refractivity contribution in [2.75, 3.05) is 37.5 Å². The Kier molecular flexibility index (Phi) is 8.57. The lowest BCUT2D eigenvalue weighted by Crippen LogP contribution is -2.50. The predicted molar refractivity (Wildman–Crippen MR) is 158 cm³/mol. The molecular formula is C29H33ClFN3O5S2. The van der Waals surface area contributed by atoms with Gasteiger partial charge in [0.15, 0.2) is 0 Å². The Morgan fingerprint density at radius 2 is 1.32 bits per heavy atom. The number of hydrogen-bond donors (Lipinski definition) is 0. The number of rotatable bonds is 6. The van der Waals surface area contributed by atoms with Crippen LogP contribution in [0.1, 0.15) is 38.2 Å². The second-order valence-electron chi connectivity index (χ2n) is 10.2. The van der Waals surface area contributed by atoms with Crippen LogP contribution in [0.25, 0.3) is 0 Å². The molecule has 4 rings (SSSR count). The molecule has 0 bridgehead atoms. The number of carbonyl (C=O) groups excluding carboxylic acids is 1. The molecule has 0 radical (unpaired) electrons. The van der Waals surface area contributed by atoms with Crippen molar-refractivity contribution in [1.82, 2.24) is 9.21 Å². The SMILES string of the molecule is Cc1c(C)c(C)c(S(=O)(=O)N2CCN(C(=O)c3cc(S(=O)(=O)N(C)c4ccc(F)cc4)ccc3Cl)CC2)c(C)c1C. The second kappa shape index (κ2) is 11.4. The summed E-state index contributed by atoms with van der Waals surface area (Å²) in [5.41, 5.74) is 4.63. The van der Waals surface area contributed by atoms with Gasteiger partial charge < -0.3 is 4.90 Å². The third-order valence-electron chi connectivity index (χ3n) is 8.07. The number of nitrogens with zero attached hydrogens (tertiary/aromatic N) is 3. The van der Waals surface area contributed by atoms with Crippen LogP contribution in [0.4, 0.5) is 10.1 Å². The number of amides is 1. The number of piperazine rings is 1. The van der Waals surface area contributed by atoms with Crippen molar-refractivity contribution in [2.24, 2.45) is 0 Å². The summed E-state index contributed by atoms with van der Waals surface area (Å²) in [6.45, 7) is 9.85. The Bertz CT molecular complexity index is 1710. The minimum atomic E-state index is -4.09. The number of benzene rings is 3. The molecule has 8 nitrogen and oxygen atoms in total. The molecule has 1 amide bonds. The molecule has 3 aromatic carbocycles. The molecule has 12 heteroatoms. The second-order valence-corrected chi connectivity index (χ2v) is 14.5. The highest BCUT2D eigenvalue weighted by molar-refractivity contribution is 7.92. The molecule has 0 aliphatic carbocycles. The molecular weight excluding hydrogens is 589 g/mol. The maximum atomic E-state index is 13.7. The van der Waals surface area contributed by atoms with Gasteiger partial charge in [-0.3, -0.25) is 9.10 Å². The van der Waals surface area contributed by atoms with Gasteiger partial charge in [-0.05, 0) is 105 Å². The smallest absolute Gasteiger partial charge is 0.264 e. The predicted octanol–water partition coefficient (Wildman–Crippen LogP) is 4.99. The summed E-state index contributed by atoms with van der Waals surface area (Å²) < 4.78 is 69.7. The van der Waals surface area contributed by atoms with Crippen LogP contribution in [-0.4, -0.2) is 65.2 Å². The van der Waals surface area contributed by atoms with Gasteiger partial charge in [-0.2, -0.15) is 4.31 Å². The van der Waals surface area contributed by atoms with Crippen LogP contribution in [0.15, 0.2) is 52.3 Å². The van der Waals surface area contributed by atoms with E-state index < -0.39 is 31.8 Å². The topological polar surface area (TPSA) is 95.1 Å². The first-order chi connectivity index (χ1) is 19.1. The summed E-state index contributed by atoms with van der Waals surface area (Å²) in [6, 6.07) is 8.84. The van der Waals surface area contributed by atoms with Gasteiger partial charge in [0, 0.05) is 33.2 Å². The zero-order chi connectivity index (χ0) is 30.4. The van der Waals surface area contributed by atoms with Crippen molar-refractivity contribution in [2.45, 2.75) is 44.4 Å². The van der Waals surface area contributed by atoms with Crippen LogP contribution in [0.5, 0.6) is 0 Å². The van der Waals surface area contributed by atoms with Gasteiger partial charge in [0.05, 0.1) is 26.1 Å². The highest BCUT2D eigenvalue weighted by Crippen LogP contribution is 2.32. The van der Waals surface area contributed by atoms with Gasteiger partial charge in [-0.25, -0.2) is 21.2 Å². The van der Waals surface area contributed by atoms with Crippen LogP contribution in [0.3, 0.4) is 0 Å². The average molecular weight is 622 g/mol. The van der Waals surface area contributed by atoms with Gasteiger partial charge in [0.1, 0.15) is 5.82 Å². The van der Waals surface area contributed by atoms with Crippen molar-refractivity contribution in [1.29, 1.82) is 0 Å². The molecule has 1 aliphatic rings. The van der Waals surface area contributed by atoms with Crippen LogP contribution in [-0.2, 0) is 20.0 Å². The molecule has 0 aromatic heterocycles. The first kappa shape index (κ1) is 31.0. The summed E-state index contributed by atoms with van der Waals surface area (Å²) in [5.74, 6) is -0.996. The van der Waals surface area contributed by atoms with Crippen molar-refractivity contribution < 1.29 is 26.0 Å². The highest BCUT2D eigenvalue weighted by Gasteiger charge is 2.34. The summed E-state index contributed by atoms with van der Waals surface area (Å²) in [6.07, 6.45) is 0. The largest absolute Gasteiger partial charge is 0.336 e.